The number of benzene rings is 1. The van der Waals surface area contributed by atoms with E-state index in [0.29, 0.717) is 29.7 Å². The Balaban J connectivity index is 1.59. The molecule has 1 aromatic carbocycles. The molecule has 2 amide bonds. The third kappa shape index (κ3) is 4.20. The molecular formula is C28H26BrNO8. The number of imide groups is 1. The second-order valence-electron chi connectivity index (χ2n) is 9.88. The Morgan fingerprint density at radius 1 is 1.16 bits per heavy atom. The van der Waals surface area contributed by atoms with Crippen molar-refractivity contribution in [2.24, 2.45) is 17.8 Å². The van der Waals surface area contributed by atoms with Crippen LogP contribution in [0.5, 0.6) is 11.5 Å². The highest BCUT2D eigenvalue weighted by Crippen LogP contribution is 2.55. The van der Waals surface area contributed by atoms with Crippen LogP contribution in [0.15, 0.2) is 51.6 Å². The number of ketones is 2. The fourth-order valence-corrected chi connectivity index (χ4v) is 6.69. The van der Waals surface area contributed by atoms with E-state index in [4.69, 9.17) is 9.84 Å². The second kappa shape index (κ2) is 9.98. The summed E-state index contributed by atoms with van der Waals surface area (Å²) in [5.41, 5.74) is 2.07. The molecule has 2 N–H and O–H groups in total. The van der Waals surface area contributed by atoms with E-state index in [-0.39, 0.29) is 65.2 Å². The zero-order valence-electron chi connectivity index (χ0n) is 20.6. The summed E-state index contributed by atoms with van der Waals surface area (Å²) in [6.45, 7) is 2.12. The first-order valence-electron chi connectivity index (χ1n) is 12.6. The van der Waals surface area contributed by atoms with E-state index in [0.717, 1.165) is 10.5 Å². The van der Waals surface area contributed by atoms with Crippen LogP contribution < -0.4 is 4.74 Å². The van der Waals surface area contributed by atoms with E-state index in [2.05, 4.69) is 15.9 Å². The zero-order valence-corrected chi connectivity index (χ0v) is 22.2. The number of carbonyl (C=O) groups excluding carboxylic acids is 4. The average molecular weight is 584 g/mol. The molecule has 0 spiro atoms. The third-order valence-electron chi connectivity index (χ3n) is 7.81. The number of carbonyl (C=O) groups is 5. The Bertz CT molecular complexity index is 1370. The predicted octanol–water partition coefficient (Wildman–Crippen LogP) is 3.42. The van der Waals surface area contributed by atoms with Gasteiger partial charge in [-0.05, 0) is 65.7 Å². The Morgan fingerprint density at radius 2 is 1.92 bits per heavy atom. The maximum absolute atomic E-state index is 13.6. The molecule has 4 aliphatic rings. The molecule has 10 heteroatoms. The molecule has 1 heterocycles. The molecule has 4 unspecified atom stereocenters. The molecule has 0 aromatic heterocycles. The van der Waals surface area contributed by atoms with Gasteiger partial charge in [-0.1, -0.05) is 17.7 Å². The van der Waals surface area contributed by atoms with Crippen molar-refractivity contribution in [2.75, 3.05) is 13.2 Å². The Kier molecular flexibility index (Phi) is 6.85. The summed E-state index contributed by atoms with van der Waals surface area (Å²) < 4.78 is 5.71. The molecule has 38 heavy (non-hydrogen) atoms. The summed E-state index contributed by atoms with van der Waals surface area (Å²) in [6, 6.07) is 4.80. The van der Waals surface area contributed by atoms with Crippen LogP contribution in [-0.4, -0.2) is 57.6 Å². The molecule has 9 nitrogen and oxygen atoms in total. The summed E-state index contributed by atoms with van der Waals surface area (Å²) in [6.07, 6.45) is 3.62. The number of allylic oxidation sites excluding steroid dienone is 6. The summed E-state index contributed by atoms with van der Waals surface area (Å²) in [4.78, 5) is 65.4. The van der Waals surface area contributed by atoms with Gasteiger partial charge in [-0.25, -0.2) is 0 Å². The number of phenolic OH excluding ortho intramolecular Hbond substituents is 1. The van der Waals surface area contributed by atoms with Crippen LogP contribution in [-0.2, 0) is 24.0 Å². The molecule has 0 bridgehead atoms. The van der Waals surface area contributed by atoms with Crippen LogP contribution in [0.3, 0.4) is 0 Å². The summed E-state index contributed by atoms with van der Waals surface area (Å²) >= 11 is 3.20. The average Bonchev–Trinajstić information content (AvgIpc) is 3.12. The highest BCUT2D eigenvalue weighted by atomic mass is 79.9. The van der Waals surface area contributed by atoms with Gasteiger partial charge in [-0.15, -0.1) is 0 Å². The lowest BCUT2D eigenvalue weighted by Crippen LogP contribution is -2.39. The minimum absolute atomic E-state index is 0.0256. The molecule has 198 valence electrons. The molecule has 3 aliphatic carbocycles. The van der Waals surface area contributed by atoms with Crippen molar-refractivity contribution in [1.29, 1.82) is 0 Å². The first-order chi connectivity index (χ1) is 18.1. The van der Waals surface area contributed by atoms with Crippen LogP contribution in [0.2, 0.25) is 0 Å². The van der Waals surface area contributed by atoms with Gasteiger partial charge in [0.1, 0.15) is 0 Å². The summed E-state index contributed by atoms with van der Waals surface area (Å²) in [5, 5.41) is 19.2. The molecular weight excluding hydrogens is 558 g/mol. The number of hydrogen-bond acceptors (Lipinski definition) is 7. The highest BCUT2D eigenvalue weighted by Gasteiger charge is 2.56. The standard InChI is InChI=1S/C28H26BrNO8/c1-2-38-21-10-13(5-8-19(21)31)23-14-6-7-15-24(28(37)30(27(15)36)9-3-4-22(33)34)16(14)11-17-25(23)20(32)12-18(29)26(17)35/h5-6,8,10,12,15-16,23-24,31H,2-4,7,9,11H2,1H3,(H,33,34). The molecule has 1 aromatic rings. The number of phenols is 1. The van der Waals surface area contributed by atoms with Crippen molar-refractivity contribution >= 4 is 45.3 Å². The van der Waals surface area contributed by atoms with Crippen LogP contribution in [0.1, 0.15) is 44.1 Å². The third-order valence-corrected chi connectivity index (χ3v) is 8.40. The minimum Gasteiger partial charge on any atom is -0.504 e. The Morgan fingerprint density at radius 3 is 2.63 bits per heavy atom. The summed E-state index contributed by atoms with van der Waals surface area (Å²) in [5.74, 6) is -4.60. The number of hydrogen-bond donors (Lipinski definition) is 2. The number of carboxylic acid groups (broad SMARTS) is 1. The fraction of sp³-hybridized carbons (Fsp3) is 0.393. The maximum atomic E-state index is 13.6. The lowest BCUT2D eigenvalue weighted by molar-refractivity contribution is -0.142. The van der Waals surface area contributed by atoms with Crippen LogP contribution in [0.4, 0.5) is 0 Å². The number of fused-ring (bicyclic) bond motifs is 3. The number of aromatic hydroxyl groups is 1. The molecule has 0 saturated carbocycles. The molecule has 5 rings (SSSR count). The smallest absolute Gasteiger partial charge is 0.303 e. The number of Topliss-reactive ketones (excluding diaryl/α,β-unsaturated/α-hetero) is 1. The quantitative estimate of drug-likeness (QED) is 0.283. The maximum Gasteiger partial charge on any atom is 0.303 e. The van der Waals surface area contributed by atoms with E-state index in [9.17, 15) is 29.1 Å². The van der Waals surface area contributed by atoms with Crippen molar-refractivity contribution in [3.05, 3.63) is 57.1 Å². The molecule has 1 aliphatic heterocycles. The van der Waals surface area contributed by atoms with Crippen molar-refractivity contribution < 1.29 is 38.9 Å². The van der Waals surface area contributed by atoms with Crippen LogP contribution in [0.25, 0.3) is 0 Å². The van der Waals surface area contributed by atoms with Gasteiger partial charge >= 0.3 is 5.97 Å². The SMILES string of the molecule is CCOc1cc(C2C3=CCC4C(=O)N(CCCC(=O)O)C(=O)C4C3CC3=C2C(=O)C=C(Br)C3=O)ccc1O. The predicted molar refractivity (Wildman–Crippen MR) is 137 cm³/mol. The molecule has 1 saturated heterocycles. The lowest BCUT2D eigenvalue weighted by atomic mass is 9.59. The van der Waals surface area contributed by atoms with Crippen LogP contribution in [0, 0.1) is 17.8 Å². The number of nitrogens with zero attached hydrogens (tertiary/aromatic N) is 1. The largest absolute Gasteiger partial charge is 0.504 e. The van der Waals surface area contributed by atoms with E-state index < -0.39 is 29.6 Å². The topological polar surface area (TPSA) is 138 Å². The number of likely N-dealkylation sites (tertiary alicyclic amines) is 1. The number of rotatable bonds is 7. The van der Waals surface area contributed by atoms with Gasteiger partial charge in [0, 0.05) is 36.1 Å². The van der Waals surface area contributed by atoms with E-state index >= 15 is 0 Å². The molecule has 0 radical (unpaired) electrons. The lowest BCUT2D eigenvalue weighted by Gasteiger charge is -2.42. The van der Waals surface area contributed by atoms with Gasteiger partial charge in [0.25, 0.3) is 0 Å². The highest BCUT2D eigenvalue weighted by molar-refractivity contribution is 9.12. The van der Waals surface area contributed by atoms with E-state index in [1.165, 1.54) is 12.1 Å². The van der Waals surface area contributed by atoms with Crippen molar-refractivity contribution in [3.63, 3.8) is 0 Å². The van der Waals surface area contributed by atoms with Crippen molar-refractivity contribution in [1.82, 2.24) is 4.90 Å². The number of halogens is 1. The summed E-state index contributed by atoms with van der Waals surface area (Å²) in [7, 11) is 0. The number of amides is 2. The van der Waals surface area contributed by atoms with Crippen molar-refractivity contribution in [2.45, 2.75) is 38.5 Å². The molecule has 4 atom stereocenters. The first kappa shape index (κ1) is 26.1. The second-order valence-corrected chi connectivity index (χ2v) is 10.7. The van der Waals surface area contributed by atoms with Gasteiger partial charge in [-0.2, -0.15) is 0 Å². The van der Waals surface area contributed by atoms with E-state index in [1.54, 1.807) is 19.1 Å². The van der Waals surface area contributed by atoms with Gasteiger partial charge in [0.15, 0.2) is 23.1 Å². The number of ether oxygens (including phenoxy) is 1. The van der Waals surface area contributed by atoms with Gasteiger partial charge in [0.2, 0.25) is 11.8 Å². The Labute approximate surface area is 227 Å². The normalized spacial score (nSPS) is 26.5. The van der Waals surface area contributed by atoms with Gasteiger partial charge in [0.05, 0.1) is 22.9 Å². The van der Waals surface area contributed by atoms with Gasteiger partial charge < -0.3 is 14.9 Å². The number of aliphatic carboxylic acids is 1. The van der Waals surface area contributed by atoms with Crippen LogP contribution >= 0.6 is 15.9 Å². The Hall–Kier alpha value is -3.53. The minimum atomic E-state index is -1.00. The fourth-order valence-electron chi connectivity index (χ4n) is 6.24. The van der Waals surface area contributed by atoms with E-state index in [1.807, 2.05) is 6.08 Å². The first-order valence-corrected chi connectivity index (χ1v) is 13.3. The van der Waals surface area contributed by atoms with Crippen molar-refractivity contribution in [3.8, 4) is 11.5 Å². The number of carboxylic acids is 1. The zero-order chi connectivity index (χ0) is 27.3. The monoisotopic (exact) mass is 583 g/mol. The van der Waals surface area contributed by atoms with Gasteiger partial charge in [-0.3, -0.25) is 28.9 Å². The molecule has 1 fully saturated rings.